The molecule has 2 heterocycles. The van der Waals surface area contributed by atoms with E-state index in [-0.39, 0.29) is 5.91 Å². The summed E-state index contributed by atoms with van der Waals surface area (Å²) >= 11 is 1.34. The first kappa shape index (κ1) is 15.0. The van der Waals surface area contributed by atoms with Gasteiger partial charge in [0.05, 0.1) is 19.2 Å². The molecule has 20 heavy (non-hydrogen) atoms. The lowest BCUT2D eigenvalue weighted by atomic mass is 10.2. The molecule has 1 aromatic rings. The van der Waals surface area contributed by atoms with Crippen LogP contribution in [-0.2, 0) is 9.53 Å². The second-order valence-corrected chi connectivity index (χ2v) is 5.81. The summed E-state index contributed by atoms with van der Waals surface area (Å²) in [5.74, 6) is -0.490. The fourth-order valence-corrected chi connectivity index (χ4v) is 3.13. The van der Waals surface area contributed by atoms with Crippen molar-refractivity contribution in [2.24, 2.45) is 0 Å². The smallest absolute Gasteiger partial charge is 0.340 e. The molecule has 1 aliphatic heterocycles. The molecular weight excluding hydrogens is 276 g/mol. The minimum absolute atomic E-state index is 0.0699. The molecule has 0 atom stereocenters. The van der Waals surface area contributed by atoms with Crippen LogP contribution in [0.25, 0.3) is 0 Å². The number of hydrogen-bond acceptors (Lipinski definition) is 5. The van der Waals surface area contributed by atoms with Crippen LogP contribution in [0, 0.1) is 0 Å². The van der Waals surface area contributed by atoms with Gasteiger partial charge in [-0.2, -0.15) is 0 Å². The van der Waals surface area contributed by atoms with Gasteiger partial charge < -0.3 is 10.1 Å². The van der Waals surface area contributed by atoms with Crippen LogP contribution in [0.5, 0.6) is 0 Å². The maximum atomic E-state index is 12.1. The molecule has 0 unspecified atom stereocenters. The molecule has 1 N–H and O–H groups in total. The van der Waals surface area contributed by atoms with Crippen molar-refractivity contribution in [3.63, 3.8) is 0 Å². The summed E-state index contributed by atoms with van der Waals surface area (Å²) in [6, 6.07) is 1.66. The van der Waals surface area contributed by atoms with Gasteiger partial charge >= 0.3 is 5.97 Å². The fraction of sp³-hybridized carbons (Fsp3) is 0.571. The van der Waals surface area contributed by atoms with E-state index in [1.807, 2.05) is 0 Å². The SMILES string of the molecule is COC(=O)c1ccsc1NC(=O)CN1CCCCCC1. The molecule has 1 fully saturated rings. The fourth-order valence-electron chi connectivity index (χ4n) is 2.34. The number of anilines is 1. The van der Waals surface area contributed by atoms with Crippen molar-refractivity contribution in [1.82, 2.24) is 4.90 Å². The van der Waals surface area contributed by atoms with Crippen molar-refractivity contribution < 1.29 is 14.3 Å². The van der Waals surface area contributed by atoms with E-state index in [2.05, 4.69) is 15.0 Å². The van der Waals surface area contributed by atoms with E-state index >= 15 is 0 Å². The number of nitrogens with zero attached hydrogens (tertiary/aromatic N) is 1. The van der Waals surface area contributed by atoms with E-state index in [4.69, 9.17) is 0 Å². The largest absolute Gasteiger partial charge is 0.465 e. The number of methoxy groups -OCH3 is 1. The van der Waals surface area contributed by atoms with E-state index in [9.17, 15) is 9.59 Å². The van der Waals surface area contributed by atoms with Gasteiger partial charge in [-0.15, -0.1) is 11.3 Å². The van der Waals surface area contributed by atoms with Gasteiger partial charge in [0.2, 0.25) is 5.91 Å². The third kappa shape index (κ3) is 4.05. The standard InChI is InChI=1S/C14H20N2O3S/c1-19-14(18)11-6-9-20-13(11)15-12(17)10-16-7-4-2-3-5-8-16/h6,9H,2-5,7-8,10H2,1H3,(H,15,17). The number of nitrogens with one attached hydrogen (secondary N) is 1. The average Bonchev–Trinajstić information content (AvgIpc) is 2.73. The van der Waals surface area contributed by atoms with E-state index in [0.717, 1.165) is 25.9 Å². The van der Waals surface area contributed by atoms with Crippen LogP contribution < -0.4 is 5.32 Å². The average molecular weight is 296 g/mol. The Labute approximate surface area is 122 Å². The number of esters is 1. The second kappa shape index (κ2) is 7.40. The maximum Gasteiger partial charge on any atom is 0.340 e. The lowest BCUT2D eigenvalue weighted by Gasteiger charge is -2.18. The Morgan fingerprint density at radius 2 is 2.00 bits per heavy atom. The van der Waals surface area contributed by atoms with Crippen molar-refractivity contribution in [2.45, 2.75) is 25.7 Å². The third-order valence-electron chi connectivity index (χ3n) is 3.39. The number of carbonyl (C=O) groups is 2. The zero-order chi connectivity index (χ0) is 14.4. The summed E-state index contributed by atoms with van der Waals surface area (Å²) in [7, 11) is 1.34. The number of ether oxygens (including phenoxy) is 1. The highest BCUT2D eigenvalue weighted by Crippen LogP contribution is 2.23. The summed E-state index contributed by atoms with van der Waals surface area (Å²) in [6.07, 6.45) is 4.80. The highest BCUT2D eigenvalue weighted by Gasteiger charge is 2.17. The number of carbonyl (C=O) groups excluding carboxylic acids is 2. The number of hydrogen-bond donors (Lipinski definition) is 1. The quantitative estimate of drug-likeness (QED) is 0.867. The van der Waals surface area contributed by atoms with Gasteiger partial charge in [-0.25, -0.2) is 4.79 Å². The molecule has 2 rings (SSSR count). The summed E-state index contributed by atoms with van der Waals surface area (Å²) in [4.78, 5) is 25.8. The van der Waals surface area contributed by atoms with E-state index in [1.54, 1.807) is 11.4 Å². The lowest BCUT2D eigenvalue weighted by molar-refractivity contribution is -0.117. The third-order valence-corrected chi connectivity index (χ3v) is 4.22. The van der Waals surface area contributed by atoms with E-state index in [1.165, 1.54) is 31.3 Å². The highest BCUT2D eigenvalue weighted by atomic mass is 32.1. The molecule has 1 aliphatic rings. The Hall–Kier alpha value is -1.40. The summed E-state index contributed by atoms with van der Waals surface area (Å²) in [5.41, 5.74) is 0.418. The van der Waals surface area contributed by atoms with Gasteiger partial charge in [0.25, 0.3) is 0 Å². The molecule has 0 saturated carbocycles. The molecule has 0 spiro atoms. The van der Waals surface area contributed by atoms with Crippen molar-refractivity contribution >= 4 is 28.2 Å². The molecule has 1 amide bonds. The Morgan fingerprint density at radius 1 is 1.30 bits per heavy atom. The molecule has 6 heteroatoms. The molecule has 1 aromatic heterocycles. The predicted octanol–water partition coefficient (Wildman–Crippen LogP) is 2.35. The molecule has 0 bridgehead atoms. The second-order valence-electron chi connectivity index (χ2n) is 4.89. The van der Waals surface area contributed by atoms with Crippen LogP contribution in [0.1, 0.15) is 36.0 Å². The minimum Gasteiger partial charge on any atom is -0.465 e. The Kier molecular flexibility index (Phi) is 5.55. The number of likely N-dealkylation sites (tertiary alicyclic amines) is 1. The van der Waals surface area contributed by atoms with Gasteiger partial charge in [0.15, 0.2) is 0 Å². The first-order chi connectivity index (χ1) is 9.70. The Balaban J connectivity index is 1.91. The van der Waals surface area contributed by atoms with Crippen LogP contribution in [0.2, 0.25) is 0 Å². The van der Waals surface area contributed by atoms with Crippen molar-refractivity contribution in [3.8, 4) is 0 Å². The van der Waals surface area contributed by atoms with Crippen LogP contribution in [-0.4, -0.2) is 43.5 Å². The summed E-state index contributed by atoms with van der Waals surface area (Å²) < 4.78 is 4.69. The van der Waals surface area contributed by atoms with E-state index < -0.39 is 5.97 Å². The van der Waals surface area contributed by atoms with E-state index in [0.29, 0.717) is 17.1 Å². The van der Waals surface area contributed by atoms with Crippen LogP contribution in [0.15, 0.2) is 11.4 Å². The maximum absolute atomic E-state index is 12.1. The Bertz CT molecular complexity index is 465. The first-order valence-corrected chi connectivity index (χ1v) is 7.76. The minimum atomic E-state index is -0.420. The first-order valence-electron chi connectivity index (χ1n) is 6.88. The molecule has 110 valence electrons. The Morgan fingerprint density at radius 3 is 2.65 bits per heavy atom. The molecular formula is C14H20N2O3S. The topological polar surface area (TPSA) is 58.6 Å². The number of thiophene rings is 1. The van der Waals surface area contributed by atoms with Gasteiger partial charge in [-0.3, -0.25) is 9.69 Å². The lowest BCUT2D eigenvalue weighted by Crippen LogP contribution is -2.34. The van der Waals surface area contributed by atoms with Crippen LogP contribution in [0.4, 0.5) is 5.00 Å². The zero-order valence-electron chi connectivity index (χ0n) is 11.7. The molecule has 0 aromatic carbocycles. The van der Waals surface area contributed by atoms with Crippen LogP contribution in [0.3, 0.4) is 0 Å². The number of amides is 1. The van der Waals surface area contributed by atoms with Crippen molar-refractivity contribution in [3.05, 3.63) is 17.0 Å². The highest BCUT2D eigenvalue weighted by molar-refractivity contribution is 7.14. The normalized spacial score (nSPS) is 16.4. The molecule has 1 saturated heterocycles. The van der Waals surface area contributed by atoms with Gasteiger partial charge in [0, 0.05) is 0 Å². The molecule has 5 nitrogen and oxygen atoms in total. The van der Waals surface area contributed by atoms with Gasteiger partial charge in [-0.1, -0.05) is 12.8 Å². The predicted molar refractivity (Wildman–Crippen MR) is 79.2 cm³/mol. The van der Waals surface area contributed by atoms with Gasteiger partial charge in [0.1, 0.15) is 5.00 Å². The van der Waals surface area contributed by atoms with Crippen molar-refractivity contribution in [1.29, 1.82) is 0 Å². The van der Waals surface area contributed by atoms with Gasteiger partial charge in [-0.05, 0) is 37.4 Å². The zero-order valence-corrected chi connectivity index (χ0v) is 12.5. The molecule has 0 radical (unpaired) electrons. The molecule has 0 aliphatic carbocycles. The number of rotatable bonds is 4. The van der Waals surface area contributed by atoms with Crippen LogP contribution >= 0.6 is 11.3 Å². The summed E-state index contributed by atoms with van der Waals surface area (Å²) in [6.45, 7) is 2.34. The summed E-state index contributed by atoms with van der Waals surface area (Å²) in [5, 5.41) is 5.15. The monoisotopic (exact) mass is 296 g/mol. The van der Waals surface area contributed by atoms with Crippen molar-refractivity contribution in [2.75, 3.05) is 32.1 Å².